The van der Waals surface area contributed by atoms with Crippen LogP contribution in [0.5, 0.6) is 0 Å². The van der Waals surface area contributed by atoms with Crippen LogP contribution in [-0.2, 0) is 0 Å². The summed E-state index contributed by atoms with van der Waals surface area (Å²) < 4.78 is 0. The van der Waals surface area contributed by atoms with Gasteiger partial charge < -0.3 is 16.0 Å². The van der Waals surface area contributed by atoms with Gasteiger partial charge in [0.25, 0.3) is 5.91 Å². The SMILES string of the molecule is CCN(CC1CC1)C(=O)c1sc(NC(C)(C)C)nc1N. The summed E-state index contributed by atoms with van der Waals surface area (Å²) in [7, 11) is 0. The standard InChI is InChI=1S/C14H24N4OS/c1-5-18(8-9-6-7-9)12(19)10-11(15)16-13(20-10)17-14(2,3)4/h9H,5-8,15H2,1-4H3,(H,16,17). The molecule has 1 saturated carbocycles. The molecule has 0 atom stereocenters. The Balaban J connectivity index is 2.12. The number of carbonyl (C=O) groups is 1. The number of nitrogens with zero attached hydrogens (tertiary/aromatic N) is 2. The molecule has 1 fully saturated rings. The van der Waals surface area contributed by atoms with Crippen molar-refractivity contribution in [3.05, 3.63) is 4.88 Å². The van der Waals surface area contributed by atoms with Crippen molar-refractivity contribution in [2.24, 2.45) is 5.92 Å². The first-order valence-corrected chi connectivity index (χ1v) is 7.95. The maximum atomic E-state index is 12.5. The Kier molecular flexibility index (Phi) is 4.22. The Morgan fingerprint density at radius 1 is 1.50 bits per heavy atom. The molecule has 0 unspecified atom stereocenters. The molecular formula is C14H24N4OS. The Hall–Kier alpha value is -1.30. The quantitative estimate of drug-likeness (QED) is 0.876. The van der Waals surface area contributed by atoms with Gasteiger partial charge in [-0.1, -0.05) is 11.3 Å². The van der Waals surface area contributed by atoms with E-state index in [9.17, 15) is 4.79 Å². The van der Waals surface area contributed by atoms with Crippen LogP contribution in [0.4, 0.5) is 10.9 Å². The van der Waals surface area contributed by atoms with E-state index in [-0.39, 0.29) is 11.4 Å². The molecule has 1 amide bonds. The minimum atomic E-state index is -0.0942. The first kappa shape index (κ1) is 15.1. The lowest BCUT2D eigenvalue weighted by Crippen LogP contribution is -2.32. The summed E-state index contributed by atoms with van der Waals surface area (Å²) in [5.41, 5.74) is 5.82. The smallest absolute Gasteiger partial charge is 0.267 e. The summed E-state index contributed by atoms with van der Waals surface area (Å²) in [6, 6.07) is 0. The second-order valence-corrected chi connectivity index (χ2v) is 7.39. The molecule has 0 bridgehead atoms. The highest BCUT2D eigenvalue weighted by Gasteiger charge is 2.28. The molecule has 112 valence electrons. The highest BCUT2D eigenvalue weighted by atomic mass is 32.1. The van der Waals surface area contributed by atoms with Crippen molar-refractivity contribution in [1.29, 1.82) is 0 Å². The number of nitrogen functional groups attached to an aromatic ring is 1. The molecular weight excluding hydrogens is 272 g/mol. The minimum Gasteiger partial charge on any atom is -0.382 e. The number of amides is 1. The fraction of sp³-hybridized carbons (Fsp3) is 0.714. The zero-order chi connectivity index (χ0) is 14.9. The summed E-state index contributed by atoms with van der Waals surface area (Å²) in [4.78, 5) is 19.2. The van der Waals surface area contributed by atoms with Crippen molar-refractivity contribution < 1.29 is 4.79 Å². The van der Waals surface area contributed by atoms with Gasteiger partial charge in [-0.05, 0) is 46.5 Å². The lowest BCUT2D eigenvalue weighted by molar-refractivity contribution is 0.0762. The third-order valence-corrected chi connectivity index (χ3v) is 4.15. The zero-order valence-electron chi connectivity index (χ0n) is 12.7. The molecule has 6 heteroatoms. The minimum absolute atomic E-state index is 0.0105. The molecule has 3 N–H and O–H groups in total. The number of thiazole rings is 1. The Bertz CT molecular complexity index is 488. The molecule has 0 aliphatic heterocycles. The molecule has 1 aliphatic carbocycles. The van der Waals surface area contributed by atoms with E-state index in [4.69, 9.17) is 5.73 Å². The van der Waals surface area contributed by atoms with Crippen molar-refractivity contribution in [2.45, 2.75) is 46.1 Å². The largest absolute Gasteiger partial charge is 0.382 e. The van der Waals surface area contributed by atoms with Crippen LogP contribution >= 0.6 is 11.3 Å². The molecule has 0 spiro atoms. The Morgan fingerprint density at radius 3 is 2.65 bits per heavy atom. The molecule has 1 aromatic rings. The van der Waals surface area contributed by atoms with Crippen LogP contribution < -0.4 is 11.1 Å². The normalized spacial score (nSPS) is 15.2. The second kappa shape index (κ2) is 5.60. The molecule has 1 heterocycles. The van der Waals surface area contributed by atoms with Crippen LogP contribution in [-0.4, -0.2) is 34.4 Å². The molecule has 5 nitrogen and oxygen atoms in total. The van der Waals surface area contributed by atoms with E-state index in [1.54, 1.807) is 0 Å². The maximum Gasteiger partial charge on any atom is 0.267 e. The van der Waals surface area contributed by atoms with Gasteiger partial charge in [-0.3, -0.25) is 4.79 Å². The highest BCUT2D eigenvalue weighted by Crippen LogP contribution is 2.32. The summed E-state index contributed by atoms with van der Waals surface area (Å²) >= 11 is 1.35. The van der Waals surface area contributed by atoms with E-state index < -0.39 is 0 Å². The van der Waals surface area contributed by atoms with E-state index in [1.165, 1.54) is 24.2 Å². The predicted octanol–water partition coefficient (Wildman–Crippen LogP) is 2.81. The number of hydrogen-bond acceptors (Lipinski definition) is 5. The third kappa shape index (κ3) is 3.85. The van der Waals surface area contributed by atoms with Crippen LogP contribution in [0.1, 0.15) is 50.2 Å². The van der Waals surface area contributed by atoms with Gasteiger partial charge in [-0.2, -0.15) is 0 Å². The van der Waals surface area contributed by atoms with E-state index in [1.807, 2.05) is 11.8 Å². The van der Waals surface area contributed by atoms with Crippen LogP contribution in [0, 0.1) is 5.92 Å². The molecule has 0 saturated heterocycles. The van der Waals surface area contributed by atoms with E-state index in [0.717, 1.165) is 6.54 Å². The number of carbonyl (C=O) groups excluding carboxylic acids is 1. The average Bonchev–Trinajstić information content (AvgIpc) is 3.07. The van der Waals surface area contributed by atoms with Gasteiger partial charge in [0.05, 0.1) is 0 Å². The first-order valence-electron chi connectivity index (χ1n) is 7.14. The van der Waals surface area contributed by atoms with Crippen molar-refractivity contribution >= 4 is 28.2 Å². The van der Waals surface area contributed by atoms with Crippen LogP contribution in [0.2, 0.25) is 0 Å². The average molecular weight is 296 g/mol. The summed E-state index contributed by atoms with van der Waals surface area (Å²) in [5, 5.41) is 3.97. The molecule has 20 heavy (non-hydrogen) atoms. The number of nitrogens with two attached hydrogens (primary N) is 1. The zero-order valence-corrected chi connectivity index (χ0v) is 13.5. The van der Waals surface area contributed by atoms with Crippen molar-refractivity contribution in [1.82, 2.24) is 9.88 Å². The third-order valence-electron chi connectivity index (χ3n) is 3.17. The van der Waals surface area contributed by atoms with Crippen LogP contribution in [0.3, 0.4) is 0 Å². The van der Waals surface area contributed by atoms with Crippen molar-refractivity contribution in [2.75, 3.05) is 24.1 Å². The summed E-state index contributed by atoms with van der Waals surface area (Å²) in [6.07, 6.45) is 2.47. The Morgan fingerprint density at radius 2 is 2.15 bits per heavy atom. The topological polar surface area (TPSA) is 71.2 Å². The van der Waals surface area contributed by atoms with Crippen LogP contribution in [0.15, 0.2) is 0 Å². The Labute approximate surface area is 124 Å². The van der Waals surface area contributed by atoms with Gasteiger partial charge in [-0.25, -0.2) is 4.98 Å². The van der Waals surface area contributed by atoms with E-state index in [2.05, 4.69) is 31.1 Å². The first-order chi connectivity index (χ1) is 9.30. The highest BCUT2D eigenvalue weighted by molar-refractivity contribution is 7.18. The number of hydrogen-bond donors (Lipinski definition) is 2. The van der Waals surface area contributed by atoms with E-state index >= 15 is 0 Å². The van der Waals surface area contributed by atoms with Crippen molar-refractivity contribution in [3.63, 3.8) is 0 Å². The van der Waals surface area contributed by atoms with Gasteiger partial charge >= 0.3 is 0 Å². The number of nitrogens with one attached hydrogen (secondary N) is 1. The maximum absolute atomic E-state index is 12.5. The van der Waals surface area contributed by atoms with Crippen molar-refractivity contribution in [3.8, 4) is 0 Å². The molecule has 1 aliphatic rings. The lowest BCUT2D eigenvalue weighted by Gasteiger charge is -2.20. The number of anilines is 2. The predicted molar refractivity (Wildman–Crippen MR) is 84.2 cm³/mol. The molecule has 2 rings (SSSR count). The fourth-order valence-electron chi connectivity index (χ4n) is 1.97. The second-order valence-electron chi connectivity index (χ2n) is 6.40. The fourth-order valence-corrected chi connectivity index (χ4v) is 3.03. The van der Waals surface area contributed by atoms with Gasteiger partial charge in [0, 0.05) is 18.6 Å². The molecule has 0 radical (unpaired) electrons. The van der Waals surface area contributed by atoms with Gasteiger partial charge in [0.1, 0.15) is 10.7 Å². The van der Waals surface area contributed by atoms with Crippen LogP contribution in [0.25, 0.3) is 0 Å². The van der Waals surface area contributed by atoms with E-state index in [0.29, 0.717) is 28.3 Å². The monoisotopic (exact) mass is 296 g/mol. The molecule has 0 aromatic carbocycles. The molecule has 1 aromatic heterocycles. The summed E-state index contributed by atoms with van der Waals surface area (Å²) in [5.74, 6) is 1.03. The lowest BCUT2D eigenvalue weighted by atomic mass is 10.1. The van der Waals surface area contributed by atoms with Gasteiger partial charge in [0.15, 0.2) is 5.13 Å². The number of rotatable bonds is 5. The summed E-state index contributed by atoms with van der Waals surface area (Å²) in [6.45, 7) is 9.72. The van der Waals surface area contributed by atoms with Gasteiger partial charge in [0.2, 0.25) is 0 Å². The van der Waals surface area contributed by atoms with Gasteiger partial charge in [-0.15, -0.1) is 0 Å². The number of aromatic nitrogens is 1.